The maximum atomic E-state index is 5.05. The molecule has 1 N–H and O–H groups in total. The molecule has 0 atom stereocenters. The standard InChI is InChI=1S/C5H9N3O/c1-3-4-7-8-5(6-2)9-4/h3H2,1-2H3,(H,6,8). The second kappa shape index (κ2) is 2.48. The molecular weight excluding hydrogens is 118 g/mol. The van der Waals surface area contributed by atoms with E-state index in [9.17, 15) is 0 Å². The van der Waals surface area contributed by atoms with Gasteiger partial charge >= 0.3 is 6.01 Å². The number of anilines is 1. The lowest BCUT2D eigenvalue weighted by Gasteiger charge is -1.84. The molecule has 1 heterocycles. The Labute approximate surface area is 53.3 Å². The van der Waals surface area contributed by atoms with Crippen LogP contribution in [0, 0.1) is 0 Å². The lowest BCUT2D eigenvalue weighted by molar-refractivity contribution is 0.514. The van der Waals surface area contributed by atoms with Crippen molar-refractivity contribution in [1.29, 1.82) is 0 Å². The molecule has 0 radical (unpaired) electrons. The Hall–Kier alpha value is -1.06. The first-order valence-electron chi connectivity index (χ1n) is 2.87. The van der Waals surface area contributed by atoms with Gasteiger partial charge in [0.05, 0.1) is 0 Å². The Balaban J connectivity index is 2.74. The molecule has 1 aromatic rings. The second-order valence-corrected chi connectivity index (χ2v) is 1.60. The number of hydrogen-bond acceptors (Lipinski definition) is 4. The van der Waals surface area contributed by atoms with E-state index < -0.39 is 0 Å². The summed E-state index contributed by atoms with van der Waals surface area (Å²) in [6.07, 6.45) is 0.786. The summed E-state index contributed by atoms with van der Waals surface area (Å²) in [6, 6.07) is 0.479. The summed E-state index contributed by atoms with van der Waals surface area (Å²) in [5.41, 5.74) is 0. The molecule has 4 heteroatoms. The van der Waals surface area contributed by atoms with Crippen LogP contribution in [-0.2, 0) is 6.42 Å². The number of rotatable bonds is 2. The summed E-state index contributed by atoms with van der Waals surface area (Å²) in [5, 5.41) is 10.1. The molecule has 1 aromatic heterocycles. The fourth-order valence-corrected chi connectivity index (χ4v) is 0.498. The predicted octanol–water partition coefficient (Wildman–Crippen LogP) is 0.674. The summed E-state index contributed by atoms with van der Waals surface area (Å²) < 4.78 is 5.05. The number of aromatic nitrogens is 2. The van der Waals surface area contributed by atoms with Crippen LogP contribution in [0.1, 0.15) is 12.8 Å². The third-order valence-corrected chi connectivity index (χ3v) is 0.983. The van der Waals surface area contributed by atoms with Gasteiger partial charge in [0, 0.05) is 13.5 Å². The number of aryl methyl sites for hydroxylation is 1. The Kier molecular flexibility index (Phi) is 1.67. The lowest BCUT2D eigenvalue weighted by Crippen LogP contribution is -1.85. The summed E-state index contributed by atoms with van der Waals surface area (Å²) in [5.74, 6) is 0.666. The van der Waals surface area contributed by atoms with Crippen molar-refractivity contribution in [3.05, 3.63) is 5.89 Å². The van der Waals surface area contributed by atoms with Crippen molar-refractivity contribution >= 4 is 6.01 Å². The summed E-state index contributed by atoms with van der Waals surface area (Å²) in [4.78, 5) is 0. The zero-order chi connectivity index (χ0) is 6.69. The van der Waals surface area contributed by atoms with Gasteiger partial charge in [-0.25, -0.2) is 0 Å². The minimum absolute atomic E-state index is 0.479. The van der Waals surface area contributed by atoms with Gasteiger partial charge in [0.15, 0.2) is 0 Å². The summed E-state index contributed by atoms with van der Waals surface area (Å²) >= 11 is 0. The monoisotopic (exact) mass is 127 g/mol. The van der Waals surface area contributed by atoms with Crippen LogP contribution in [-0.4, -0.2) is 17.2 Å². The van der Waals surface area contributed by atoms with Crippen molar-refractivity contribution in [3.8, 4) is 0 Å². The normalized spacial score (nSPS) is 9.56. The summed E-state index contributed by atoms with van der Waals surface area (Å²) in [7, 11) is 1.74. The molecule has 0 fully saturated rings. The van der Waals surface area contributed by atoms with Crippen molar-refractivity contribution < 1.29 is 4.42 Å². The molecule has 0 spiro atoms. The minimum atomic E-state index is 0.479. The van der Waals surface area contributed by atoms with Gasteiger partial charge in [-0.15, -0.1) is 5.10 Å². The Morgan fingerprint density at radius 3 is 2.67 bits per heavy atom. The zero-order valence-electron chi connectivity index (χ0n) is 5.51. The van der Waals surface area contributed by atoms with Gasteiger partial charge in [-0.2, -0.15) is 0 Å². The van der Waals surface area contributed by atoms with Crippen LogP contribution < -0.4 is 5.32 Å². The molecule has 0 unspecified atom stereocenters. The molecule has 0 aliphatic rings. The van der Waals surface area contributed by atoms with Crippen LogP contribution in [0.15, 0.2) is 4.42 Å². The van der Waals surface area contributed by atoms with Crippen LogP contribution in [0.5, 0.6) is 0 Å². The van der Waals surface area contributed by atoms with E-state index in [0.717, 1.165) is 6.42 Å². The van der Waals surface area contributed by atoms with Crippen molar-refractivity contribution in [3.63, 3.8) is 0 Å². The maximum absolute atomic E-state index is 5.05. The first-order valence-corrected chi connectivity index (χ1v) is 2.87. The fraction of sp³-hybridized carbons (Fsp3) is 0.600. The van der Waals surface area contributed by atoms with E-state index >= 15 is 0 Å². The second-order valence-electron chi connectivity index (χ2n) is 1.60. The quantitative estimate of drug-likeness (QED) is 0.634. The average Bonchev–Trinajstić information content (AvgIpc) is 2.34. The molecule has 50 valence electrons. The van der Waals surface area contributed by atoms with Crippen LogP contribution in [0.3, 0.4) is 0 Å². The Bertz CT molecular complexity index is 166. The van der Waals surface area contributed by atoms with Crippen LogP contribution in [0.2, 0.25) is 0 Å². The first kappa shape index (κ1) is 6.07. The highest BCUT2D eigenvalue weighted by atomic mass is 16.4. The van der Waals surface area contributed by atoms with Gasteiger partial charge in [-0.3, -0.25) is 0 Å². The Morgan fingerprint density at radius 2 is 2.33 bits per heavy atom. The van der Waals surface area contributed by atoms with E-state index in [-0.39, 0.29) is 0 Å². The number of hydrogen-bond donors (Lipinski definition) is 1. The topological polar surface area (TPSA) is 51.0 Å². The summed E-state index contributed by atoms with van der Waals surface area (Å²) in [6.45, 7) is 1.97. The van der Waals surface area contributed by atoms with Gasteiger partial charge in [-0.05, 0) is 0 Å². The third-order valence-electron chi connectivity index (χ3n) is 0.983. The molecule has 1 rings (SSSR count). The smallest absolute Gasteiger partial charge is 0.315 e. The highest BCUT2D eigenvalue weighted by Gasteiger charge is 1.98. The molecule has 0 amide bonds. The average molecular weight is 127 g/mol. The molecular formula is C5H9N3O. The van der Waals surface area contributed by atoms with E-state index in [1.54, 1.807) is 7.05 Å². The predicted molar refractivity (Wildman–Crippen MR) is 33.2 cm³/mol. The van der Waals surface area contributed by atoms with E-state index in [2.05, 4.69) is 15.5 Å². The largest absolute Gasteiger partial charge is 0.408 e. The maximum Gasteiger partial charge on any atom is 0.315 e. The van der Waals surface area contributed by atoms with Crippen molar-refractivity contribution in [2.45, 2.75) is 13.3 Å². The zero-order valence-corrected chi connectivity index (χ0v) is 5.51. The number of nitrogens with zero attached hydrogens (tertiary/aromatic N) is 2. The van der Waals surface area contributed by atoms with Gasteiger partial charge in [0.2, 0.25) is 5.89 Å². The van der Waals surface area contributed by atoms with Gasteiger partial charge in [0.25, 0.3) is 0 Å². The molecule has 0 aromatic carbocycles. The molecule has 4 nitrogen and oxygen atoms in total. The van der Waals surface area contributed by atoms with Crippen molar-refractivity contribution in [2.75, 3.05) is 12.4 Å². The SMILES string of the molecule is CCc1nnc(NC)o1. The molecule has 0 saturated heterocycles. The van der Waals surface area contributed by atoms with Crippen molar-refractivity contribution in [1.82, 2.24) is 10.2 Å². The van der Waals surface area contributed by atoms with E-state index in [0.29, 0.717) is 11.9 Å². The third kappa shape index (κ3) is 1.19. The molecule has 9 heavy (non-hydrogen) atoms. The molecule has 0 saturated carbocycles. The Morgan fingerprint density at radius 1 is 1.56 bits per heavy atom. The fourth-order valence-electron chi connectivity index (χ4n) is 0.498. The van der Waals surface area contributed by atoms with E-state index in [1.165, 1.54) is 0 Å². The minimum Gasteiger partial charge on any atom is -0.408 e. The highest BCUT2D eigenvalue weighted by Crippen LogP contribution is 2.02. The van der Waals surface area contributed by atoms with Gasteiger partial charge < -0.3 is 9.73 Å². The van der Waals surface area contributed by atoms with Crippen molar-refractivity contribution in [2.24, 2.45) is 0 Å². The van der Waals surface area contributed by atoms with Gasteiger partial charge in [0.1, 0.15) is 0 Å². The number of nitrogens with one attached hydrogen (secondary N) is 1. The van der Waals surface area contributed by atoms with Crippen LogP contribution in [0.25, 0.3) is 0 Å². The van der Waals surface area contributed by atoms with E-state index in [1.807, 2.05) is 6.92 Å². The van der Waals surface area contributed by atoms with Gasteiger partial charge in [-0.1, -0.05) is 12.0 Å². The molecule has 0 aliphatic carbocycles. The van der Waals surface area contributed by atoms with Crippen LogP contribution in [0.4, 0.5) is 6.01 Å². The first-order chi connectivity index (χ1) is 4.36. The van der Waals surface area contributed by atoms with Crippen LogP contribution >= 0.6 is 0 Å². The van der Waals surface area contributed by atoms with E-state index in [4.69, 9.17) is 4.42 Å². The molecule has 0 aliphatic heterocycles. The lowest BCUT2D eigenvalue weighted by atomic mass is 10.5. The molecule has 0 bridgehead atoms. The highest BCUT2D eigenvalue weighted by molar-refractivity contribution is 5.14.